The largest absolute Gasteiger partial charge is 0.478 e. The molecular weight excluding hydrogens is 602 g/mol. The summed E-state index contributed by atoms with van der Waals surface area (Å²) >= 11 is 0. The lowest BCUT2D eigenvalue weighted by Gasteiger charge is -2.27. The minimum Gasteiger partial charge on any atom is -0.478 e. The van der Waals surface area contributed by atoms with E-state index in [1.165, 1.54) is 0 Å². The van der Waals surface area contributed by atoms with Gasteiger partial charge in [0.25, 0.3) is 0 Å². The summed E-state index contributed by atoms with van der Waals surface area (Å²) in [6.07, 6.45) is 5.44. The van der Waals surface area contributed by atoms with Crippen LogP contribution < -0.4 is 4.90 Å². The lowest BCUT2D eigenvalue weighted by Crippen LogP contribution is -2.41. The monoisotopic (exact) mass is 628 g/mol. The number of hydrogen-bond donors (Lipinski definition) is 1. The van der Waals surface area contributed by atoms with Crippen LogP contribution in [0.3, 0.4) is 0 Å². The van der Waals surface area contributed by atoms with Crippen molar-refractivity contribution in [1.29, 1.82) is 0 Å². The number of likely N-dealkylation sites (N-methyl/N-ethyl adjacent to an activating group) is 1. The van der Waals surface area contributed by atoms with Crippen LogP contribution in [0.5, 0.6) is 0 Å². The first-order valence-electron chi connectivity index (χ1n) is 13.1. The molecule has 230 valence electrons. The van der Waals surface area contributed by atoms with Gasteiger partial charge in [0.05, 0.1) is 18.7 Å². The minimum absolute atomic E-state index is 0.0920. The van der Waals surface area contributed by atoms with E-state index in [-0.39, 0.29) is 16.5 Å². The summed E-state index contributed by atoms with van der Waals surface area (Å²) in [5.74, 6) is -16.2. The number of carboxylic acids is 1. The fraction of sp³-hybridized carbons (Fsp3) is 0.310. The van der Waals surface area contributed by atoms with Crippen LogP contribution in [0, 0.1) is 34.9 Å². The highest BCUT2D eigenvalue weighted by molar-refractivity contribution is 7.89. The number of sulfonamides is 1. The topological polar surface area (TPSA) is 95.0 Å². The van der Waals surface area contributed by atoms with E-state index in [0.29, 0.717) is 18.5 Å². The lowest BCUT2D eigenvalue weighted by atomic mass is 9.84. The van der Waals surface area contributed by atoms with Gasteiger partial charge in [-0.1, -0.05) is 43.5 Å². The average molecular weight is 629 g/mol. The molecule has 0 aliphatic heterocycles. The van der Waals surface area contributed by atoms with Crippen molar-refractivity contribution in [2.45, 2.75) is 49.5 Å². The molecule has 0 spiro atoms. The first-order valence-corrected chi connectivity index (χ1v) is 14.6. The Balaban J connectivity index is 1.66. The lowest BCUT2D eigenvalue weighted by molar-refractivity contribution is -0.118. The van der Waals surface area contributed by atoms with Gasteiger partial charge in [-0.25, -0.2) is 39.6 Å². The predicted octanol–water partition coefficient (Wildman–Crippen LogP) is 6.12. The quantitative estimate of drug-likeness (QED) is 0.175. The number of aromatic carboxylic acids is 1. The van der Waals surface area contributed by atoms with Crippen LogP contribution in [0.15, 0.2) is 47.4 Å². The molecule has 0 radical (unpaired) electrons. The first-order chi connectivity index (χ1) is 20.2. The number of carbonyl (C=O) groups is 2. The number of anilines is 1. The molecule has 1 fully saturated rings. The van der Waals surface area contributed by atoms with Crippen molar-refractivity contribution in [2.24, 2.45) is 0 Å². The number of carbonyl (C=O) groups excluding carboxylic acids is 1. The molecule has 3 aromatic rings. The summed E-state index contributed by atoms with van der Waals surface area (Å²) in [6, 6.07) is 9.96. The van der Waals surface area contributed by atoms with Gasteiger partial charge in [0.2, 0.25) is 21.7 Å². The van der Waals surface area contributed by atoms with Gasteiger partial charge in [0.1, 0.15) is 5.82 Å². The number of amides is 1. The molecule has 43 heavy (non-hydrogen) atoms. The number of nitrogens with zero attached hydrogens (tertiary/aromatic N) is 2. The maximum absolute atomic E-state index is 14.6. The van der Waals surface area contributed by atoms with Crippen LogP contribution in [0.2, 0.25) is 0 Å². The molecule has 0 bridgehead atoms. The molecule has 1 aliphatic carbocycles. The maximum atomic E-state index is 14.6. The smallest absolute Gasteiger partial charge is 0.338 e. The van der Waals surface area contributed by atoms with E-state index >= 15 is 0 Å². The Bertz CT molecular complexity index is 1630. The van der Waals surface area contributed by atoms with Gasteiger partial charge in [-0.15, -0.1) is 0 Å². The molecule has 0 heterocycles. The summed E-state index contributed by atoms with van der Waals surface area (Å²) in [4.78, 5) is 23.5. The molecule has 1 amide bonds. The van der Waals surface area contributed by atoms with Crippen LogP contribution >= 0.6 is 0 Å². The van der Waals surface area contributed by atoms with Gasteiger partial charge in [0, 0.05) is 12.7 Å². The predicted molar refractivity (Wildman–Crippen MR) is 143 cm³/mol. The van der Waals surface area contributed by atoms with Crippen LogP contribution in [-0.2, 0) is 21.4 Å². The second kappa shape index (κ2) is 12.8. The zero-order chi connectivity index (χ0) is 31.6. The molecular formula is C29H26F6N2O5S. The third-order valence-electron chi connectivity index (χ3n) is 7.39. The number of hydrogen-bond acceptors (Lipinski definition) is 4. The number of rotatable bonds is 9. The van der Waals surface area contributed by atoms with E-state index in [9.17, 15) is 44.3 Å². The molecule has 4 rings (SSSR count). The van der Waals surface area contributed by atoms with Crippen molar-refractivity contribution in [1.82, 2.24) is 4.31 Å². The van der Waals surface area contributed by atoms with Crippen molar-refractivity contribution in [3.63, 3.8) is 0 Å². The zero-order valence-electron chi connectivity index (χ0n) is 22.7. The molecule has 14 heteroatoms. The van der Waals surface area contributed by atoms with E-state index in [1.54, 1.807) is 12.1 Å². The fourth-order valence-electron chi connectivity index (χ4n) is 5.01. The standard InChI is InChI=1S/C29H26F6N2O5S/c1-36(43(41,42)28-26(34)24(32)23(31)25(33)27(28)35)15-22(38)37(19-11-12-20(29(39)40)21(30)13-19)14-16-7-9-18(10-8-16)17-5-3-2-4-6-17/h7-13,17H,2-6,14-15H2,1H3,(H,39,40). The van der Waals surface area contributed by atoms with E-state index < -0.39 is 73.8 Å². The molecule has 0 saturated heterocycles. The highest BCUT2D eigenvalue weighted by atomic mass is 32.2. The van der Waals surface area contributed by atoms with Gasteiger partial charge in [-0.3, -0.25) is 4.79 Å². The molecule has 7 nitrogen and oxygen atoms in total. The van der Waals surface area contributed by atoms with Gasteiger partial charge < -0.3 is 10.0 Å². The Kier molecular flexibility index (Phi) is 9.50. The summed E-state index contributed by atoms with van der Waals surface area (Å²) in [5.41, 5.74) is 0.748. The van der Waals surface area contributed by atoms with Crippen LogP contribution in [-0.4, -0.2) is 43.3 Å². The first kappa shape index (κ1) is 32.0. The van der Waals surface area contributed by atoms with E-state index in [2.05, 4.69) is 0 Å². The Morgan fingerprint density at radius 1 is 0.837 bits per heavy atom. The second-order valence-electron chi connectivity index (χ2n) is 10.2. The fourth-order valence-corrected chi connectivity index (χ4v) is 6.23. The third kappa shape index (κ3) is 6.54. The summed E-state index contributed by atoms with van der Waals surface area (Å²) in [6.45, 7) is -1.42. The van der Waals surface area contributed by atoms with Gasteiger partial charge in [0.15, 0.2) is 28.2 Å². The van der Waals surface area contributed by atoms with E-state index in [0.717, 1.165) is 60.8 Å². The van der Waals surface area contributed by atoms with Gasteiger partial charge in [-0.2, -0.15) is 4.31 Å². The Labute approximate surface area is 243 Å². The molecule has 3 aromatic carbocycles. The van der Waals surface area contributed by atoms with Crippen molar-refractivity contribution < 1.29 is 49.5 Å². The van der Waals surface area contributed by atoms with Crippen LogP contribution in [0.1, 0.15) is 59.5 Å². The molecule has 0 atom stereocenters. The van der Waals surface area contributed by atoms with E-state index in [4.69, 9.17) is 5.11 Å². The maximum Gasteiger partial charge on any atom is 0.338 e. The molecule has 0 unspecified atom stereocenters. The highest BCUT2D eigenvalue weighted by Gasteiger charge is 2.37. The Hall–Kier alpha value is -3.91. The summed E-state index contributed by atoms with van der Waals surface area (Å²) < 4.78 is 110. The van der Waals surface area contributed by atoms with Crippen molar-refractivity contribution >= 4 is 27.6 Å². The van der Waals surface area contributed by atoms with Gasteiger partial charge >= 0.3 is 5.97 Å². The Morgan fingerprint density at radius 2 is 1.40 bits per heavy atom. The van der Waals surface area contributed by atoms with Crippen LogP contribution in [0.4, 0.5) is 32.0 Å². The summed E-state index contributed by atoms with van der Waals surface area (Å²) in [7, 11) is -4.76. The third-order valence-corrected chi connectivity index (χ3v) is 9.21. The van der Waals surface area contributed by atoms with E-state index in [1.807, 2.05) is 12.1 Å². The van der Waals surface area contributed by atoms with Crippen LogP contribution in [0.25, 0.3) is 0 Å². The molecule has 1 N–H and O–H groups in total. The summed E-state index contributed by atoms with van der Waals surface area (Å²) in [5, 5.41) is 9.16. The molecule has 1 saturated carbocycles. The molecule has 1 aliphatic rings. The average Bonchev–Trinajstić information content (AvgIpc) is 2.98. The normalized spacial score (nSPS) is 14.2. The van der Waals surface area contributed by atoms with Crippen molar-refractivity contribution in [3.05, 3.63) is 94.1 Å². The Morgan fingerprint density at radius 3 is 1.93 bits per heavy atom. The minimum atomic E-state index is -5.45. The van der Waals surface area contributed by atoms with Crippen molar-refractivity contribution in [2.75, 3.05) is 18.5 Å². The number of benzene rings is 3. The number of carboxylic acid groups (broad SMARTS) is 1. The second-order valence-corrected chi connectivity index (χ2v) is 12.2. The SMILES string of the molecule is CN(CC(=O)N(Cc1ccc(C2CCCCC2)cc1)c1ccc(C(=O)O)c(F)c1)S(=O)(=O)c1c(F)c(F)c(F)c(F)c1F. The van der Waals surface area contributed by atoms with Crippen molar-refractivity contribution in [3.8, 4) is 0 Å². The van der Waals surface area contributed by atoms with Gasteiger partial charge in [-0.05, 0) is 48.1 Å². The highest BCUT2D eigenvalue weighted by Crippen LogP contribution is 2.33. The molecule has 0 aromatic heterocycles. The zero-order valence-corrected chi connectivity index (χ0v) is 23.5. The number of halogens is 6.